The zero-order chi connectivity index (χ0) is 9.78. The van der Waals surface area contributed by atoms with Crippen molar-refractivity contribution in [1.82, 2.24) is 0 Å². The molecule has 0 aromatic rings. The molecule has 3 nitrogen and oxygen atoms in total. The Labute approximate surface area is 79.2 Å². The summed E-state index contributed by atoms with van der Waals surface area (Å²) in [6.45, 7) is 5.37. The van der Waals surface area contributed by atoms with Gasteiger partial charge in [0.2, 0.25) is 0 Å². The van der Waals surface area contributed by atoms with Crippen molar-refractivity contribution in [3.63, 3.8) is 0 Å². The Balaban J connectivity index is 4.21. The Morgan fingerprint density at radius 2 is 1.83 bits per heavy atom. The molecule has 0 aliphatic heterocycles. The lowest BCUT2D eigenvalue weighted by atomic mass is 10.2. The minimum Gasteiger partial charge on any atom is -0.269 e. The van der Waals surface area contributed by atoms with Crippen LogP contribution in [-0.4, -0.2) is 26.2 Å². The second-order valence-electron chi connectivity index (χ2n) is 2.95. The van der Waals surface area contributed by atoms with Gasteiger partial charge in [-0.2, -0.15) is 8.42 Å². The minimum absolute atomic E-state index is 0.0565. The molecule has 0 aromatic heterocycles. The van der Waals surface area contributed by atoms with E-state index in [9.17, 15) is 8.42 Å². The van der Waals surface area contributed by atoms with Gasteiger partial charge in [-0.15, -0.1) is 11.6 Å². The summed E-state index contributed by atoms with van der Waals surface area (Å²) in [5, 5.41) is -0.472. The lowest BCUT2D eigenvalue weighted by Crippen LogP contribution is -2.26. The average Bonchev–Trinajstić information content (AvgIpc) is 1.99. The summed E-state index contributed by atoms with van der Waals surface area (Å²) in [7, 11) is -3.41. The fourth-order valence-electron chi connectivity index (χ4n) is 0.588. The number of alkyl halides is 1. The number of rotatable bonds is 5. The van der Waals surface area contributed by atoms with Gasteiger partial charge in [-0.05, 0) is 12.8 Å². The van der Waals surface area contributed by atoms with Crippen molar-refractivity contribution >= 4 is 21.7 Å². The maximum Gasteiger partial charge on any atom is 0.270 e. The van der Waals surface area contributed by atoms with E-state index in [4.69, 9.17) is 11.6 Å². The second kappa shape index (κ2) is 5.04. The topological polar surface area (TPSA) is 43.4 Å². The molecule has 0 aliphatic rings. The van der Waals surface area contributed by atoms with Crippen molar-refractivity contribution in [2.24, 2.45) is 5.92 Å². The third-order valence-electron chi connectivity index (χ3n) is 1.72. The summed E-state index contributed by atoms with van der Waals surface area (Å²) < 4.78 is 27.1. The van der Waals surface area contributed by atoms with Crippen LogP contribution in [0.4, 0.5) is 0 Å². The smallest absolute Gasteiger partial charge is 0.269 e. The molecule has 0 rings (SSSR count). The quantitative estimate of drug-likeness (QED) is 0.516. The normalized spacial score (nSPS) is 15.1. The Hall–Kier alpha value is 0.200. The zero-order valence-electron chi connectivity index (χ0n) is 7.58. The van der Waals surface area contributed by atoms with Gasteiger partial charge in [0.1, 0.15) is 0 Å². The Morgan fingerprint density at radius 3 is 2.17 bits per heavy atom. The molecule has 0 N–H and O–H groups in total. The predicted molar refractivity (Wildman–Crippen MR) is 49.9 cm³/mol. The van der Waals surface area contributed by atoms with Crippen LogP contribution in [0.2, 0.25) is 0 Å². The fraction of sp³-hybridized carbons (Fsp3) is 1.00. The molecule has 0 aliphatic carbocycles. The summed E-state index contributed by atoms with van der Waals surface area (Å²) in [5.41, 5.74) is 0. The largest absolute Gasteiger partial charge is 0.270 e. The van der Waals surface area contributed by atoms with Crippen molar-refractivity contribution in [1.29, 1.82) is 0 Å². The molecule has 0 saturated carbocycles. The van der Waals surface area contributed by atoms with E-state index >= 15 is 0 Å². The SMILES string of the molecule is CC(C)C(C)S(=O)(=O)OCCCl. The summed E-state index contributed by atoms with van der Waals surface area (Å²) in [5.74, 6) is 0.259. The molecule has 0 bridgehead atoms. The molecule has 5 heteroatoms. The highest BCUT2D eigenvalue weighted by atomic mass is 35.5. The Bertz CT molecular complexity index is 211. The van der Waals surface area contributed by atoms with Crippen LogP contribution in [0.15, 0.2) is 0 Å². The molecular formula is C7H15ClO3S. The standard InChI is InChI=1S/C7H15ClO3S/c1-6(2)7(3)12(9,10)11-5-4-8/h6-7H,4-5H2,1-3H3. The first-order valence-electron chi connectivity index (χ1n) is 3.86. The molecule has 0 fully saturated rings. The molecule has 1 atom stereocenters. The summed E-state index contributed by atoms with van der Waals surface area (Å²) in [6.07, 6.45) is 0. The number of hydrogen-bond acceptors (Lipinski definition) is 3. The van der Waals surface area contributed by atoms with Crippen LogP contribution in [0.25, 0.3) is 0 Å². The van der Waals surface area contributed by atoms with E-state index in [-0.39, 0.29) is 18.4 Å². The van der Waals surface area contributed by atoms with E-state index in [1.54, 1.807) is 6.92 Å². The lowest BCUT2D eigenvalue weighted by molar-refractivity contribution is 0.327. The first kappa shape index (κ1) is 12.2. The molecule has 12 heavy (non-hydrogen) atoms. The highest BCUT2D eigenvalue weighted by molar-refractivity contribution is 7.87. The van der Waals surface area contributed by atoms with Gasteiger partial charge in [-0.3, -0.25) is 4.18 Å². The molecule has 0 aromatic carbocycles. The summed E-state index contributed by atoms with van der Waals surface area (Å²) in [4.78, 5) is 0. The van der Waals surface area contributed by atoms with E-state index in [1.165, 1.54) is 0 Å². The van der Waals surface area contributed by atoms with E-state index in [1.807, 2.05) is 13.8 Å². The average molecular weight is 215 g/mol. The van der Waals surface area contributed by atoms with Gasteiger partial charge >= 0.3 is 0 Å². The monoisotopic (exact) mass is 214 g/mol. The van der Waals surface area contributed by atoms with Gasteiger partial charge in [-0.1, -0.05) is 13.8 Å². The van der Waals surface area contributed by atoms with Crippen LogP contribution in [-0.2, 0) is 14.3 Å². The van der Waals surface area contributed by atoms with Gasteiger partial charge in [0, 0.05) is 5.88 Å². The summed E-state index contributed by atoms with van der Waals surface area (Å²) in [6, 6.07) is 0. The maximum absolute atomic E-state index is 11.3. The molecule has 0 heterocycles. The van der Waals surface area contributed by atoms with Crippen molar-refractivity contribution in [2.45, 2.75) is 26.0 Å². The van der Waals surface area contributed by atoms with Crippen LogP contribution in [0.1, 0.15) is 20.8 Å². The molecular weight excluding hydrogens is 200 g/mol. The van der Waals surface area contributed by atoms with Crippen LogP contribution >= 0.6 is 11.6 Å². The molecule has 0 saturated heterocycles. The van der Waals surface area contributed by atoms with Crippen molar-refractivity contribution in [3.05, 3.63) is 0 Å². The van der Waals surface area contributed by atoms with E-state index in [0.29, 0.717) is 0 Å². The number of hydrogen-bond donors (Lipinski definition) is 0. The van der Waals surface area contributed by atoms with Crippen LogP contribution in [0.3, 0.4) is 0 Å². The van der Waals surface area contributed by atoms with Gasteiger partial charge in [0.25, 0.3) is 10.1 Å². The van der Waals surface area contributed by atoms with Gasteiger partial charge < -0.3 is 0 Å². The first-order valence-corrected chi connectivity index (χ1v) is 5.86. The highest BCUT2D eigenvalue weighted by Gasteiger charge is 2.24. The molecule has 0 spiro atoms. The molecule has 74 valence electrons. The van der Waals surface area contributed by atoms with Crippen molar-refractivity contribution < 1.29 is 12.6 Å². The highest BCUT2D eigenvalue weighted by Crippen LogP contribution is 2.13. The van der Waals surface area contributed by atoms with E-state index in [0.717, 1.165) is 0 Å². The Kier molecular flexibility index (Phi) is 5.13. The van der Waals surface area contributed by atoms with Crippen molar-refractivity contribution in [3.8, 4) is 0 Å². The van der Waals surface area contributed by atoms with Crippen LogP contribution in [0, 0.1) is 5.92 Å². The van der Waals surface area contributed by atoms with Crippen LogP contribution < -0.4 is 0 Å². The zero-order valence-corrected chi connectivity index (χ0v) is 9.15. The van der Waals surface area contributed by atoms with Crippen molar-refractivity contribution in [2.75, 3.05) is 12.5 Å². The third-order valence-corrected chi connectivity index (χ3v) is 3.82. The van der Waals surface area contributed by atoms with E-state index in [2.05, 4.69) is 4.18 Å². The van der Waals surface area contributed by atoms with E-state index < -0.39 is 15.4 Å². The summed E-state index contributed by atoms with van der Waals surface area (Å²) >= 11 is 5.30. The van der Waals surface area contributed by atoms with Gasteiger partial charge in [0.05, 0.1) is 11.9 Å². The van der Waals surface area contributed by atoms with Crippen LogP contribution in [0.5, 0.6) is 0 Å². The first-order chi connectivity index (χ1) is 5.41. The molecule has 0 amide bonds. The maximum atomic E-state index is 11.3. The number of halogens is 1. The lowest BCUT2D eigenvalue weighted by Gasteiger charge is -2.15. The fourth-order valence-corrected chi connectivity index (χ4v) is 1.95. The Morgan fingerprint density at radius 1 is 1.33 bits per heavy atom. The van der Waals surface area contributed by atoms with Gasteiger partial charge in [-0.25, -0.2) is 0 Å². The molecule has 1 unspecified atom stereocenters. The predicted octanol–water partition coefficient (Wildman–Crippen LogP) is 1.62. The second-order valence-corrected chi connectivity index (χ2v) is 5.30. The molecule has 0 radical (unpaired) electrons. The third kappa shape index (κ3) is 3.74. The van der Waals surface area contributed by atoms with Gasteiger partial charge in [0.15, 0.2) is 0 Å². The minimum atomic E-state index is -3.41.